The van der Waals surface area contributed by atoms with E-state index >= 15 is 0 Å². The van der Waals surface area contributed by atoms with Crippen LogP contribution in [0.25, 0.3) is 0 Å². The van der Waals surface area contributed by atoms with Gasteiger partial charge in [0.2, 0.25) is 5.91 Å². The first kappa shape index (κ1) is 13.3. The van der Waals surface area contributed by atoms with Crippen molar-refractivity contribution in [2.24, 2.45) is 5.41 Å². The maximum atomic E-state index is 11.9. The molecule has 1 atom stereocenters. The van der Waals surface area contributed by atoms with Gasteiger partial charge in [-0.25, -0.2) is 0 Å². The molecule has 5 heteroatoms. The van der Waals surface area contributed by atoms with E-state index in [2.05, 4.69) is 0 Å². The minimum Gasteiger partial charge on any atom is -0.481 e. The zero-order valence-electron chi connectivity index (χ0n) is 11.0. The Hall–Kier alpha value is -1.10. The number of hydrogen-bond acceptors (Lipinski definition) is 3. The summed E-state index contributed by atoms with van der Waals surface area (Å²) in [6.07, 6.45) is 3.35. The first-order valence-electron chi connectivity index (χ1n) is 6.81. The molecule has 0 spiro atoms. The highest BCUT2D eigenvalue weighted by Gasteiger charge is 2.44. The molecule has 0 aliphatic carbocycles. The van der Waals surface area contributed by atoms with Gasteiger partial charge in [-0.05, 0) is 25.8 Å². The Morgan fingerprint density at radius 1 is 1.28 bits per heavy atom. The number of carbonyl (C=O) groups excluding carboxylic acids is 1. The summed E-state index contributed by atoms with van der Waals surface area (Å²) in [4.78, 5) is 27.1. The fourth-order valence-corrected chi connectivity index (χ4v) is 2.91. The Kier molecular flexibility index (Phi) is 3.90. The van der Waals surface area contributed by atoms with Crippen LogP contribution < -0.4 is 0 Å². The molecule has 0 aromatic rings. The van der Waals surface area contributed by atoms with Crippen LogP contribution in [0.5, 0.6) is 0 Å². The molecule has 0 radical (unpaired) electrons. The van der Waals surface area contributed by atoms with Crippen LogP contribution in [0, 0.1) is 5.41 Å². The number of hydrogen-bond donors (Lipinski definition) is 1. The average molecular weight is 254 g/mol. The van der Waals surface area contributed by atoms with Crippen molar-refractivity contribution in [1.29, 1.82) is 0 Å². The van der Waals surface area contributed by atoms with E-state index in [1.807, 2.05) is 16.7 Å². The van der Waals surface area contributed by atoms with Gasteiger partial charge >= 0.3 is 5.97 Å². The molecule has 2 fully saturated rings. The second-order valence-corrected chi connectivity index (χ2v) is 5.53. The molecule has 2 aliphatic heterocycles. The second kappa shape index (κ2) is 5.26. The lowest BCUT2D eigenvalue weighted by Gasteiger charge is -2.32. The molecule has 5 nitrogen and oxygen atoms in total. The third-order valence-corrected chi connectivity index (χ3v) is 4.18. The van der Waals surface area contributed by atoms with Gasteiger partial charge < -0.3 is 10.0 Å². The predicted octanol–water partition coefficient (Wildman–Crippen LogP) is 0.795. The van der Waals surface area contributed by atoms with Gasteiger partial charge in [-0.1, -0.05) is 13.3 Å². The van der Waals surface area contributed by atoms with Crippen LogP contribution in [-0.4, -0.2) is 59.5 Å². The molecule has 0 aromatic carbocycles. The van der Waals surface area contributed by atoms with Crippen molar-refractivity contribution in [2.75, 3.05) is 32.7 Å². The van der Waals surface area contributed by atoms with E-state index < -0.39 is 11.4 Å². The van der Waals surface area contributed by atoms with Gasteiger partial charge in [-0.3, -0.25) is 14.5 Å². The number of amides is 1. The molecular formula is C13H22N2O3. The monoisotopic (exact) mass is 254 g/mol. The summed E-state index contributed by atoms with van der Waals surface area (Å²) in [6.45, 7) is 5.39. The van der Waals surface area contributed by atoms with Crippen molar-refractivity contribution in [2.45, 2.75) is 32.6 Å². The van der Waals surface area contributed by atoms with E-state index in [0.29, 0.717) is 25.9 Å². The number of rotatable bonds is 5. The number of carboxylic acid groups (broad SMARTS) is 1. The molecule has 2 aliphatic rings. The molecule has 2 rings (SSSR count). The smallest absolute Gasteiger partial charge is 0.310 e. The minimum absolute atomic E-state index is 0.152. The Labute approximate surface area is 108 Å². The van der Waals surface area contributed by atoms with Crippen molar-refractivity contribution >= 4 is 11.9 Å². The van der Waals surface area contributed by atoms with Gasteiger partial charge in [0, 0.05) is 19.6 Å². The van der Waals surface area contributed by atoms with Crippen LogP contribution in [0.3, 0.4) is 0 Å². The average Bonchev–Trinajstić information content (AvgIpc) is 2.60. The number of carbonyl (C=O) groups is 2. The predicted molar refractivity (Wildman–Crippen MR) is 67.2 cm³/mol. The van der Waals surface area contributed by atoms with E-state index in [9.17, 15) is 14.7 Å². The lowest BCUT2D eigenvalue weighted by Crippen LogP contribution is -2.47. The van der Waals surface area contributed by atoms with Crippen molar-refractivity contribution < 1.29 is 14.7 Å². The zero-order valence-corrected chi connectivity index (χ0v) is 11.0. The summed E-state index contributed by atoms with van der Waals surface area (Å²) >= 11 is 0. The number of aliphatic carboxylic acids is 1. The Bertz CT molecular complexity index is 341. The Morgan fingerprint density at radius 2 is 2.00 bits per heavy atom. The minimum atomic E-state index is -0.705. The lowest BCUT2D eigenvalue weighted by atomic mass is 9.83. The van der Waals surface area contributed by atoms with E-state index in [4.69, 9.17) is 0 Å². The summed E-state index contributed by atoms with van der Waals surface area (Å²) in [5.41, 5.74) is -0.621. The summed E-state index contributed by atoms with van der Waals surface area (Å²) in [5.74, 6) is -0.554. The first-order valence-corrected chi connectivity index (χ1v) is 6.81. The number of likely N-dealkylation sites (tertiary alicyclic amines) is 2. The van der Waals surface area contributed by atoms with Gasteiger partial charge in [0.1, 0.15) is 0 Å². The van der Waals surface area contributed by atoms with E-state index in [1.54, 1.807) is 0 Å². The first-order chi connectivity index (χ1) is 8.57. The van der Waals surface area contributed by atoms with Gasteiger partial charge in [-0.15, -0.1) is 0 Å². The molecule has 18 heavy (non-hydrogen) atoms. The fraction of sp³-hybridized carbons (Fsp3) is 0.846. The summed E-state index contributed by atoms with van der Waals surface area (Å²) in [5, 5.41) is 9.39. The molecule has 0 saturated carbocycles. The SMILES string of the molecule is CCCC1(C(=O)O)CCN(CC(=O)N2CCC2)C1. The largest absolute Gasteiger partial charge is 0.481 e. The topological polar surface area (TPSA) is 60.9 Å². The second-order valence-electron chi connectivity index (χ2n) is 5.53. The van der Waals surface area contributed by atoms with Crippen LogP contribution in [0.2, 0.25) is 0 Å². The quantitative estimate of drug-likeness (QED) is 0.788. The molecule has 2 heterocycles. The van der Waals surface area contributed by atoms with Gasteiger partial charge in [0.15, 0.2) is 0 Å². The third-order valence-electron chi connectivity index (χ3n) is 4.18. The summed E-state index contributed by atoms with van der Waals surface area (Å²) in [7, 11) is 0. The van der Waals surface area contributed by atoms with Crippen LogP contribution >= 0.6 is 0 Å². The standard InChI is InChI=1S/C13H22N2O3/c1-2-4-13(12(17)18)5-8-14(10-13)9-11(16)15-6-3-7-15/h2-10H2,1H3,(H,17,18). The maximum Gasteiger partial charge on any atom is 0.310 e. The zero-order chi connectivity index (χ0) is 13.2. The van der Waals surface area contributed by atoms with Crippen molar-refractivity contribution in [3.63, 3.8) is 0 Å². The molecule has 2 saturated heterocycles. The molecule has 102 valence electrons. The third kappa shape index (κ3) is 2.51. The molecular weight excluding hydrogens is 232 g/mol. The molecule has 1 N–H and O–H groups in total. The molecule has 0 bridgehead atoms. The maximum absolute atomic E-state index is 11.9. The highest BCUT2D eigenvalue weighted by Crippen LogP contribution is 2.35. The van der Waals surface area contributed by atoms with Gasteiger partial charge in [-0.2, -0.15) is 0 Å². The normalized spacial score (nSPS) is 28.2. The highest BCUT2D eigenvalue weighted by atomic mass is 16.4. The van der Waals surface area contributed by atoms with Crippen LogP contribution in [0.1, 0.15) is 32.6 Å². The highest BCUT2D eigenvalue weighted by molar-refractivity contribution is 5.79. The van der Waals surface area contributed by atoms with E-state index in [0.717, 1.165) is 32.5 Å². The van der Waals surface area contributed by atoms with Crippen LogP contribution in [0.4, 0.5) is 0 Å². The van der Waals surface area contributed by atoms with Crippen LogP contribution in [0.15, 0.2) is 0 Å². The van der Waals surface area contributed by atoms with Crippen LogP contribution in [-0.2, 0) is 9.59 Å². The Morgan fingerprint density at radius 3 is 2.50 bits per heavy atom. The van der Waals surface area contributed by atoms with E-state index in [1.165, 1.54) is 0 Å². The molecule has 0 aromatic heterocycles. The van der Waals surface area contributed by atoms with Crippen molar-refractivity contribution in [3.05, 3.63) is 0 Å². The van der Waals surface area contributed by atoms with E-state index in [-0.39, 0.29) is 5.91 Å². The fourth-order valence-electron chi connectivity index (χ4n) is 2.91. The lowest BCUT2D eigenvalue weighted by molar-refractivity contribution is -0.149. The summed E-state index contributed by atoms with van der Waals surface area (Å²) < 4.78 is 0. The van der Waals surface area contributed by atoms with Crippen molar-refractivity contribution in [1.82, 2.24) is 9.80 Å². The number of carboxylic acids is 1. The molecule has 1 unspecified atom stereocenters. The molecule has 1 amide bonds. The van der Waals surface area contributed by atoms with Gasteiger partial charge in [0.25, 0.3) is 0 Å². The number of nitrogens with zero attached hydrogens (tertiary/aromatic N) is 2. The van der Waals surface area contributed by atoms with Crippen molar-refractivity contribution in [3.8, 4) is 0 Å². The Balaban J connectivity index is 1.89. The van der Waals surface area contributed by atoms with Gasteiger partial charge in [0.05, 0.1) is 12.0 Å². The summed E-state index contributed by atoms with van der Waals surface area (Å²) in [6, 6.07) is 0.